The molecule has 22 heavy (non-hydrogen) atoms. The Balaban J connectivity index is 1.52. The molecular weight excluding hydrogens is 283 g/mol. The molecule has 1 aromatic carbocycles. The number of nitrogens with zero attached hydrogens (tertiary/aromatic N) is 1. The number of esters is 1. The van der Waals surface area contributed by atoms with E-state index in [0.717, 1.165) is 12.8 Å². The van der Waals surface area contributed by atoms with Crippen LogP contribution in [-0.2, 0) is 4.74 Å². The number of hydrogen-bond acceptors (Lipinski definition) is 3. The van der Waals surface area contributed by atoms with E-state index < -0.39 is 0 Å². The summed E-state index contributed by atoms with van der Waals surface area (Å²) in [7, 11) is 2.16. The minimum Gasteiger partial charge on any atom is -0.459 e. The number of rotatable bonds is 2. The summed E-state index contributed by atoms with van der Waals surface area (Å²) in [6.45, 7) is 0. The molecule has 0 spiro atoms. The van der Waals surface area contributed by atoms with E-state index in [9.17, 15) is 9.18 Å². The zero-order valence-corrected chi connectivity index (χ0v) is 12.5. The maximum absolute atomic E-state index is 13.2. The second-order valence-electron chi connectivity index (χ2n) is 6.44. The van der Waals surface area contributed by atoms with Crippen molar-refractivity contribution in [3.8, 4) is 0 Å². The Bertz CT molecular complexity index is 713. The van der Waals surface area contributed by atoms with Gasteiger partial charge in [0.1, 0.15) is 11.9 Å². The Morgan fingerprint density at radius 1 is 1.32 bits per heavy atom. The number of carbonyl (C=O) groups is 1. The lowest BCUT2D eigenvalue weighted by atomic mass is 10.0. The van der Waals surface area contributed by atoms with Gasteiger partial charge in [0.2, 0.25) is 0 Å². The topological polar surface area (TPSA) is 45.3 Å². The number of halogens is 1. The quantitative estimate of drug-likeness (QED) is 0.867. The molecule has 1 N–H and O–H groups in total. The van der Waals surface area contributed by atoms with Gasteiger partial charge in [0, 0.05) is 42.0 Å². The van der Waals surface area contributed by atoms with Crippen LogP contribution in [0.25, 0.3) is 10.9 Å². The smallest absolute Gasteiger partial charge is 0.340 e. The van der Waals surface area contributed by atoms with Gasteiger partial charge in [0.15, 0.2) is 0 Å². The predicted octanol–water partition coefficient (Wildman–Crippen LogP) is 3.09. The molecule has 0 amide bonds. The third-order valence-corrected chi connectivity index (χ3v) is 5.19. The summed E-state index contributed by atoms with van der Waals surface area (Å²) in [6.07, 6.45) is 5.82. The highest BCUT2D eigenvalue weighted by Crippen LogP contribution is 2.36. The molecule has 3 atom stereocenters. The molecule has 0 radical (unpaired) electrons. The van der Waals surface area contributed by atoms with Crippen molar-refractivity contribution in [1.29, 1.82) is 0 Å². The van der Waals surface area contributed by atoms with Crippen molar-refractivity contribution in [1.82, 2.24) is 9.88 Å². The van der Waals surface area contributed by atoms with Crippen molar-refractivity contribution < 1.29 is 13.9 Å². The van der Waals surface area contributed by atoms with E-state index in [1.165, 1.54) is 25.0 Å². The molecule has 0 unspecified atom stereocenters. The lowest BCUT2D eigenvalue weighted by Crippen LogP contribution is -2.43. The van der Waals surface area contributed by atoms with Crippen molar-refractivity contribution in [2.45, 2.75) is 43.9 Å². The maximum Gasteiger partial charge on any atom is 0.340 e. The van der Waals surface area contributed by atoms with Crippen LogP contribution in [0.1, 0.15) is 36.0 Å². The number of aromatic nitrogens is 1. The zero-order chi connectivity index (χ0) is 15.3. The zero-order valence-electron chi connectivity index (χ0n) is 12.5. The molecule has 2 aliphatic heterocycles. The van der Waals surface area contributed by atoms with E-state index in [-0.39, 0.29) is 17.9 Å². The standard InChI is InChI=1S/C17H19FN2O2/c1-20-11-3-4-12(20)8-13(7-11)22-17(21)15-9-19-16-6-10(18)2-5-14(15)16/h2,5-6,9,11-13,19H,3-4,7-8H2,1H3/t11-,12+,13-. The SMILES string of the molecule is CN1[C@@H]2CC[C@H]1C[C@H](OC(=O)c1c[nH]c3cc(F)ccc13)C2. The Kier molecular flexibility index (Phi) is 3.18. The van der Waals surface area contributed by atoms with Gasteiger partial charge in [-0.1, -0.05) is 0 Å². The van der Waals surface area contributed by atoms with Gasteiger partial charge >= 0.3 is 5.97 Å². The first kappa shape index (κ1) is 13.8. The molecule has 3 heterocycles. The van der Waals surface area contributed by atoms with Crippen LogP contribution in [0.2, 0.25) is 0 Å². The second kappa shape index (κ2) is 5.09. The third-order valence-electron chi connectivity index (χ3n) is 5.19. The molecule has 2 saturated heterocycles. The molecule has 116 valence electrons. The normalized spacial score (nSPS) is 28.2. The van der Waals surface area contributed by atoms with Gasteiger partial charge in [-0.15, -0.1) is 0 Å². The van der Waals surface area contributed by atoms with Crippen LogP contribution >= 0.6 is 0 Å². The molecule has 2 aromatic rings. The molecule has 0 aliphatic carbocycles. The lowest BCUT2D eigenvalue weighted by Gasteiger charge is -2.35. The number of carbonyl (C=O) groups excluding carboxylic acids is 1. The Labute approximate surface area is 128 Å². The molecule has 4 rings (SSSR count). The average Bonchev–Trinajstić information content (AvgIpc) is 2.97. The number of benzene rings is 1. The summed E-state index contributed by atoms with van der Waals surface area (Å²) in [4.78, 5) is 17.8. The van der Waals surface area contributed by atoms with E-state index in [1.807, 2.05) is 0 Å². The Morgan fingerprint density at radius 2 is 2.05 bits per heavy atom. The highest BCUT2D eigenvalue weighted by Gasteiger charge is 2.40. The molecule has 2 aliphatic rings. The molecule has 4 nitrogen and oxygen atoms in total. The minimum absolute atomic E-state index is 0.00778. The second-order valence-corrected chi connectivity index (χ2v) is 6.44. The van der Waals surface area contributed by atoms with Crippen molar-refractivity contribution in [3.05, 3.63) is 35.8 Å². The summed E-state index contributed by atoms with van der Waals surface area (Å²) >= 11 is 0. The molecule has 5 heteroatoms. The highest BCUT2D eigenvalue weighted by molar-refractivity contribution is 6.04. The molecule has 1 aromatic heterocycles. The highest BCUT2D eigenvalue weighted by atomic mass is 19.1. The van der Waals surface area contributed by atoms with Gasteiger partial charge < -0.3 is 14.6 Å². The van der Waals surface area contributed by atoms with E-state index in [0.29, 0.717) is 28.6 Å². The van der Waals surface area contributed by atoms with Crippen LogP contribution in [0.5, 0.6) is 0 Å². The number of aromatic amines is 1. The Hall–Kier alpha value is -1.88. The van der Waals surface area contributed by atoms with Gasteiger partial charge in [-0.2, -0.15) is 0 Å². The average molecular weight is 302 g/mol. The Morgan fingerprint density at radius 3 is 2.77 bits per heavy atom. The van der Waals surface area contributed by atoms with Crippen LogP contribution in [0.15, 0.2) is 24.4 Å². The van der Waals surface area contributed by atoms with Crippen LogP contribution < -0.4 is 0 Å². The van der Waals surface area contributed by atoms with Crippen molar-refractivity contribution in [2.75, 3.05) is 7.05 Å². The first-order valence-corrected chi connectivity index (χ1v) is 7.81. The van der Waals surface area contributed by atoms with Crippen molar-refractivity contribution in [3.63, 3.8) is 0 Å². The van der Waals surface area contributed by atoms with Gasteiger partial charge in [-0.25, -0.2) is 9.18 Å². The fourth-order valence-electron chi connectivity index (χ4n) is 3.94. The maximum atomic E-state index is 13.2. The van der Waals surface area contributed by atoms with Crippen LogP contribution in [-0.4, -0.2) is 41.1 Å². The van der Waals surface area contributed by atoms with Crippen LogP contribution in [0, 0.1) is 5.82 Å². The van der Waals surface area contributed by atoms with E-state index in [4.69, 9.17) is 4.74 Å². The fraction of sp³-hybridized carbons (Fsp3) is 0.471. The predicted molar refractivity (Wildman–Crippen MR) is 81.3 cm³/mol. The molecule has 2 bridgehead atoms. The fourth-order valence-corrected chi connectivity index (χ4v) is 3.94. The number of hydrogen-bond donors (Lipinski definition) is 1. The lowest BCUT2D eigenvalue weighted by molar-refractivity contribution is -0.000259. The van der Waals surface area contributed by atoms with Gasteiger partial charge in [0.25, 0.3) is 0 Å². The molecular formula is C17H19FN2O2. The summed E-state index contributed by atoms with van der Waals surface area (Å²) in [5, 5.41) is 0.710. The summed E-state index contributed by atoms with van der Waals surface area (Å²) < 4.78 is 18.9. The van der Waals surface area contributed by atoms with Gasteiger partial charge in [-0.05, 0) is 38.1 Å². The molecule has 0 saturated carbocycles. The van der Waals surface area contributed by atoms with Crippen molar-refractivity contribution >= 4 is 16.9 Å². The first-order valence-electron chi connectivity index (χ1n) is 7.81. The monoisotopic (exact) mass is 302 g/mol. The number of nitrogens with one attached hydrogen (secondary N) is 1. The van der Waals surface area contributed by atoms with Gasteiger partial charge in [-0.3, -0.25) is 0 Å². The number of ether oxygens (including phenoxy) is 1. The summed E-state index contributed by atoms with van der Waals surface area (Å²) in [6, 6.07) is 5.45. The first-order chi connectivity index (χ1) is 10.6. The number of fused-ring (bicyclic) bond motifs is 3. The molecule has 2 fully saturated rings. The van der Waals surface area contributed by atoms with E-state index in [1.54, 1.807) is 12.3 Å². The van der Waals surface area contributed by atoms with Crippen LogP contribution in [0.3, 0.4) is 0 Å². The van der Waals surface area contributed by atoms with Crippen LogP contribution in [0.4, 0.5) is 4.39 Å². The van der Waals surface area contributed by atoms with Crippen molar-refractivity contribution in [2.24, 2.45) is 0 Å². The minimum atomic E-state index is -0.318. The number of piperidine rings is 1. The van der Waals surface area contributed by atoms with E-state index >= 15 is 0 Å². The van der Waals surface area contributed by atoms with E-state index in [2.05, 4.69) is 16.9 Å². The largest absolute Gasteiger partial charge is 0.459 e. The third kappa shape index (κ3) is 2.20. The summed E-state index contributed by atoms with van der Waals surface area (Å²) in [5.41, 5.74) is 1.11. The van der Waals surface area contributed by atoms with Gasteiger partial charge in [0.05, 0.1) is 5.56 Å². The summed E-state index contributed by atoms with van der Waals surface area (Å²) in [5.74, 6) is -0.632. The number of H-pyrrole nitrogens is 1.